The lowest BCUT2D eigenvalue weighted by molar-refractivity contribution is 0.110. The first-order valence-corrected chi connectivity index (χ1v) is 9.22. The lowest BCUT2D eigenvalue weighted by Crippen LogP contribution is -2.09. The number of hydrogen-bond donors (Lipinski definition) is 0. The van der Waals surface area contributed by atoms with Crippen molar-refractivity contribution in [3.63, 3.8) is 0 Å². The van der Waals surface area contributed by atoms with Crippen molar-refractivity contribution in [1.29, 1.82) is 0 Å². The second kappa shape index (κ2) is 8.77. The summed E-state index contributed by atoms with van der Waals surface area (Å²) in [5, 5.41) is 8.71. The molecule has 3 aromatic rings. The Morgan fingerprint density at radius 3 is 2.42 bits per heavy atom. The maximum Gasteiger partial charge on any atom is 0.0904 e. The third-order valence-electron chi connectivity index (χ3n) is 4.55. The van der Waals surface area contributed by atoms with Gasteiger partial charge in [0.05, 0.1) is 25.5 Å². The maximum absolute atomic E-state index is 5.78. The van der Waals surface area contributed by atoms with Gasteiger partial charge in [-0.25, -0.2) is 4.68 Å². The van der Waals surface area contributed by atoms with Gasteiger partial charge in [0.15, 0.2) is 0 Å². The maximum atomic E-state index is 5.78. The second-order valence-electron chi connectivity index (χ2n) is 7.08. The largest absolute Gasteiger partial charge is 0.375 e. The third kappa shape index (κ3) is 4.79. The van der Waals surface area contributed by atoms with Gasteiger partial charge in [-0.1, -0.05) is 79.2 Å². The summed E-state index contributed by atoms with van der Waals surface area (Å²) in [6.45, 7) is 8.49. The van der Waals surface area contributed by atoms with Crippen LogP contribution in [0, 0.1) is 12.8 Å². The van der Waals surface area contributed by atoms with Crippen LogP contribution in [0.1, 0.15) is 42.1 Å². The molecular formula is C22H27N3O. The first-order valence-electron chi connectivity index (χ1n) is 9.22. The number of benzene rings is 2. The zero-order valence-corrected chi connectivity index (χ0v) is 15.8. The molecule has 0 amide bonds. The monoisotopic (exact) mass is 349 g/mol. The van der Waals surface area contributed by atoms with Crippen LogP contribution in [0.4, 0.5) is 0 Å². The molecule has 0 N–H and O–H groups in total. The van der Waals surface area contributed by atoms with E-state index in [2.05, 4.69) is 79.6 Å². The van der Waals surface area contributed by atoms with Gasteiger partial charge in [0, 0.05) is 12.1 Å². The Kier molecular flexibility index (Phi) is 6.18. The Labute approximate surface area is 155 Å². The van der Waals surface area contributed by atoms with E-state index in [0.717, 1.165) is 5.69 Å². The topological polar surface area (TPSA) is 39.9 Å². The molecule has 0 saturated heterocycles. The Morgan fingerprint density at radius 2 is 1.73 bits per heavy atom. The molecule has 0 bridgehead atoms. The molecule has 0 spiro atoms. The molecule has 1 heterocycles. The van der Waals surface area contributed by atoms with E-state index in [4.69, 9.17) is 4.74 Å². The van der Waals surface area contributed by atoms with Gasteiger partial charge in [-0.05, 0) is 24.0 Å². The van der Waals surface area contributed by atoms with Gasteiger partial charge < -0.3 is 4.74 Å². The summed E-state index contributed by atoms with van der Waals surface area (Å²) in [4.78, 5) is 0. The van der Waals surface area contributed by atoms with Gasteiger partial charge in [-0.15, -0.1) is 5.10 Å². The van der Waals surface area contributed by atoms with Crippen molar-refractivity contribution in [2.24, 2.45) is 5.92 Å². The van der Waals surface area contributed by atoms with Crippen LogP contribution in [-0.2, 0) is 17.9 Å². The van der Waals surface area contributed by atoms with E-state index in [1.54, 1.807) is 0 Å². The average Bonchev–Trinajstić information content (AvgIpc) is 3.09. The number of nitrogens with zero attached hydrogens (tertiary/aromatic N) is 3. The summed E-state index contributed by atoms with van der Waals surface area (Å²) in [5.74, 6) is 0.721. The fraction of sp³-hybridized carbons (Fsp3) is 0.364. The standard InChI is InChI=1S/C22H27N3O/c1-17(2)22(20-7-5-4-6-8-20)21-15-25(24-23-21)13-14-26-16-19-11-9-18(3)10-12-19/h4-12,15,17,22H,13-14,16H2,1-3H3. The van der Waals surface area contributed by atoms with Crippen LogP contribution in [0.15, 0.2) is 60.8 Å². The molecule has 0 aliphatic rings. The minimum atomic E-state index is 0.262. The normalized spacial score (nSPS) is 12.5. The number of ether oxygens (including phenoxy) is 1. The Morgan fingerprint density at radius 1 is 1.00 bits per heavy atom. The molecule has 26 heavy (non-hydrogen) atoms. The number of aromatic nitrogens is 3. The molecule has 0 radical (unpaired) electrons. The minimum absolute atomic E-state index is 0.262. The molecule has 0 fully saturated rings. The van der Waals surface area contributed by atoms with Crippen LogP contribution in [0.3, 0.4) is 0 Å². The highest BCUT2D eigenvalue weighted by Gasteiger charge is 2.21. The highest BCUT2D eigenvalue weighted by molar-refractivity contribution is 5.27. The molecule has 0 saturated carbocycles. The lowest BCUT2D eigenvalue weighted by Gasteiger charge is -2.18. The van der Waals surface area contributed by atoms with E-state index in [9.17, 15) is 0 Å². The van der Waals surface area contributed by atoms with Gasteiger partial charge in [0.2, 0.25) is 0 Å². The van der Waals surface area contributed by atoms with E-state index in [-0.39, 0.29) is 5.92 Å². The predicted molar refractivity (Wildman–Crippen MR) is 104 cm³/mol. The SMILES string of the molecule is Cc1ccc(COCCn2cc(C(c3ccccc3)C(C)C)nn2)cc1. The van der Waals surface area contributed by atoms with Crippen LogP contribution in [-0.4, -0.2) is 21.6 Å². The van der Waals surface area contributed by atoms with Crippen molar-refractivity contribution >= 4 is 0 Å². The van der Waals surface area contributed by atoms with Crippen LogP contribution in [0.25, 0.3) is 0 Å². The van der Waals surface area contributed by atoms with Crippen LogP contribution in [0.5, 0.6) is 0 Å². The Bertz CT molecular complexity index is 794. The van der Waals surface area contributed by atoms with Crippen LogP contribution in [0.2, 0.25) is 0 Å². The van der Waals surface area contributed by atoms with Crippen molar-refractivity contribution in [2.75, 3.05) is 6.61 Å². The molecule has 1 aromatic heterocycles. The first-order chi connectivity index (χ1) is 12.6. The molecule has 136 valence electrons. The summed E-state index contributed by atoms with van der Waals surface area (Å²) < 4.78 is 7.65. The minimum Gasteiger partial charge on any atom is -0.375 e. The van der Waals surface area contributed by atoms with Crippen molar-refractivity contribution in [3.8, 4) is 0 Å². The fourth-order valence-corrected chi connectivity index (χ4v) is 3.16. The van der Waals surface area contributed by atoms with Crippen molar-refractivity contribution in [2.45, 2.75) is 39.8 Å². The summed E-state index contributed by atoms with van der Waals surface area (Å²) in [6, 6.07) is 19.0. The number of hydrogen-bond acceptors (Lipinski definition) is 3. The predicted octanol–water partition coefficient (Wildman–Crippen LogP) is 4.59. The van der Waals surface area contributed by atoms with Gasteiger partial charge in [-0.2, -0.15) is 0 Å². The average molecular weight is 349 g/mol. The van der Waals surface area contributed by atoms with Crippen molar-refractivity contribution in [1.82, 2.24) is 15.0 Å². The quantitative estimate of drug-likeness (QED) is 0.558. The molecule has 1 unspecified atom stereocenters. The molecule has 0 aliphatic heterocycles. The smallest absolute Gasteiger partial charge is 0.0904 e. The summed E-state index contributed by atoms with van der Waals surface area (Å²) in [5.41, 5.74) is 4.76. The fourth-order valence-electron chi connectivity index (χ4n) is 3.16. The lowest BCUT2D eigenvalue weighted by atomic mass is 9.86. The third-order valence-corrected chi connectivity index (χ3v) is 4.55. The zero-order valence-electron chi connectivity index (χ0n) is 15.8. The van der Waals surface area contributed by atoms with Gasteiger partial charge in [0.1, 0.15) is 0 Å². The van der Waals surface area contributed by atoms with E-state index in [1.165, 1.54) is 16.7 Å². The van der Waals surface area contributed by atoms with Gasteiger partial charge in [-0.3, -0.25) is 0 Å². The van der Waals surface area contributed by atoms with Gasteiger partial charge in [0.25, 0.3) is 0 Å². The van der Waals surface area contributed by atoms with E-state index >= 15 is 0 Å². The summed E-state index contributed by atoms with van der Waals surface area (Å²) in [7, 11) is 0. The van der Waals surface area contributed by atoms with E-state index < -0.39 is 0 Å². The van der Waals surface area contributed by atoms with Crippen LogP contribution >= 0.6 is 0 Å². The van der Waals surface area contributed by atoms with E-state index in [0.29, 0.717) is 25.7 Å². The highest BCUT2D eigenvalue weighted by Crippen LogP contribution is 2.30. The summed E-state index contributed by atoms with van der Waals surface area (Å²) in [6.07, 6.45) is 2.05. The summed E-state index contributed by atoms with van der Waals surface area (Å²) >= 11 is 0. The molecule has 4 nitrogen and oxygen atoms in total. The molecule has 1 atom stereocenters. The van der Waals surface area contributed by atoms with Gasteiger partial charge >= 0.3 is 0 Å². The zero-order chi connectivity index (χ0) is 18.4. The second-order valence-corrected chi connectivity index (χ2v) is 7.08. The Balaban J connectivity index is 1.56. The Hall–Kier alpha value is -2.46. The molecular weight excluding hydrogens is 322 g/mol. The van der Waals surface area contributed by atoms with E-state index in [1.807, 2.05) is 16.9 Å². The highest BCUT2D eigenvalue weighted by atomic mass is 16.5. The van der Waals surface area contributed by atoms with Crippen LogP contribution < -0.4 is 0 Å². The molecule has 3 rings (SSSR count). The van der Waals surface area contributed by atoms with Crippen molar-refractivity contribution in [3.05, 3.63) is 83.2 Å². The molecule has 0 aliphatic carbocycles. The number of aryl methyl sites for hydroxylation is 1. The molecule has 2 aromatic carbocycles. The van der Waals surface area contributed by atoms with Crippen molar-refractivity contribution < 1.29 is 4.74 Å². The first kappa shape index (κ1) is 18.3. The number of rotatable bonds is 8. The molecule has 4 heteroatoms.